The Morgan fingerprint density at radius 1 is 0.955 bits per heavy atom. The topological polar surface area (TPSA) is 89.0 Å². The van der Waals surface area contributed by atoms with Crippen molar-refractivity contribution in [2.45, 2.75) is 25.3 Å². The summed E-state index contributed by atoms with van der Waals surface area (Å²) in [5.74, 6) is -0.0101. The number of fused-ring (bicyclic) bond motifs is 1. The zero-order valence-electron chi connectivity index (χ0n) is 24.8. The number of anilines is 1. The number of nitrogens with two attached hydrogens (primary N) is 1. The van der Waals surface area contributed by atoms with Crippen molar-refractivity contribution in [3.63, 3.8) is 0 Å². The summed E-state index contributed by atoms with van der Waals surface area (Å²) in [6.45, 7) is 1.16. The van der Waals surface area contributed by atoms with Gasteiger partial charge in [0.25, 0.3) is 11.8 Å². The second kappa shape index (κ2) is 12.3. The third-order valence-corrected chi connectivity index (χ3v) is 7.78. The Kier molecular flexibility index (Phi) is 8.17. The molecular formula is C36H34FN3O4. The smallest absolute Gasteiger partial charge is 0.258 e. The van der Waals surface area contributed by atoms with Gasteiger partial charge in [-0.3, -0.25) is 9.59 Å². The average Bonchev–Trinajstić information content (AvgIpc) is 3.78. The molecule has 2 amide bonds. The first-order valence-electron chi connectivity index (χ1n) is 14.7. The number of rotatable bonds is 11. The van der Waals surface area contributed by atoms with Crippen LogP contribution in [0.25, 0.3) is 22.1 Å². The molecule has 1 saturated carbocycles. The summed E-state index contributed by atoms with van der Waals surface area (Å²) in [6.07, 6.45) is 2.21. The Hall–Kier alpha value is -4.95. The summed E-state index contributed by atoms with van der Waals surface area (Å²) in [5.41, 5.74) is 10.3. The molecule has 5 aromatic rings. The number of para-hydroxylation sites is 1. The zero-order chi connectivity index (χ0) is 30.8. The van der Waals surface area contributed by atoms with Gasteiger partial charge in [-0.2, -0.15) is 0 Å². The fraction of sp³-hybridized carbons (Fsp3) is 0.222. The highest BCUT2D eigenvalue weighted by Crippen LogP contribution is 2.38. The van der Waals surface area contributed by atoms with Crippen LogP contribution in [-0.4, -0.2) is 50.0 Å². The Morgan fingerprint density at radius 3 is 2.39 bits per heavy atom. The van der Waals surface area contributed by atoms with Crippen molar-refractivity contribution in [1.29, 1.82) is 0 Å². The lowest BCUT2D eigenvalue weighted by atomic mass is 9.98. The van der Waals surface area contributed by atoms with E-state index >= 15 is 0 Å². The van der Waals surface area contributed by atoms with Crippen molar-refractivity contribution in [2.75, 3.05) is 32.1 Å². The third kappa shape index (κ3) is 6.21. The van der Waals surface area contributed by atoms with Crippen molar-refractivity contribution in [3.05, 3.63) is 119 Å². The van der Waals surface area contributed by atoms with Crippen LogP contribution < -0.4 is 15.4 Å². The van der Waals surface area contributed by atoms with Crippen molar-refractivity contribution < 1.29 is 23.1 Å². The summed E-state index contributed by atoms with van der Waals surface area (Å²) in [7, 11) is 3.95. The minimum atomic E-state index is -0.618. The maximum Gasteiger partial charge on any atom is 0.258 e. The SMILES string of the molecule is CN(C)CCOc1ccc(C(=O)N(c2ccccc2)C2CC2)cc1-c1ccc2oc(Cc3ccc(F)cc3)c(C(N)=O)c2c1. The van der Waals surface area contributed by atoms with Crippen LogP contribution in [0.1, 0.15) is 44.9 Å². The molecule has 0 aliphatic heterocycles. The van der Waals surface area contributed by atoms with E-state index in [0.717, 1.165) is 35.2 Å². The number of amides is 2. The molecule has 1 aliphatic carbocycles. The molecule has 0 spiro atoms. The number of benzene rings is 4. The van der Waals surface area contributed by atoms with E-state index in [0.29, 0.717) is 41.2 Å². The minimum Gasteiger partial charge on any atom is -0.492 e. The number of likely N-dealkylation sites (N-methyl/N-ethyl adjacent to an activating group) is 1. The van der Waals surface area contributed by atoms with Crippen molar-refractivity contribution in [2.24, 2.45) is 5.73 Å². The summed E-state index contributed by atoms with van der Waals surface area (Å²) in [5, 5.41) is 0.562. The molecule has 224 valence electrons. The largest absolute Gasteiger partial charge is 0.492 e. The summed E-state index contributed by atoms with van der Waals surface area (Å²) < 4.78 is 25.8. The summed E-state index contributed by atoms with van der Waals surface area (Å²) >= 11 is 0. The first-order chi connectivity index (χ1) is 21.3. The molecule has 7 nitrogen and oxygen atoms in total. The Bertz CT molecular complexity index is 1810. The van der Waals surface area contributed by atoms with E-state index in [1.54, 1.807) is 24.3 Å². The lowest BCUT2D eigenvalue weighted by Crippen LogP contribution is -2.33. The van der Waals surface area contributed by atoms with Gasteiger partial charge in [0.2, 0.25) is 0 Å². The highest BCUT2D eigenvalue weighted by atomic mass is 19.1. The van der Waals surface area contributed by atoms with Gasteiger partial charge in [-0.1, -0.05) is 36.4 Å². The summed E-state index contributed by atoms with van der Waals surface area (Å²) in [4.78, 5) is 30.6. The minimum absolute atomic E-state index is 0.0800. The highest BCUT2D eigenvalue weighted by Gasteiger charge is 2.34. The molecule has 8 heteroatoms. The van der Waals surface area contributed by atoms with Gasteiger partial charge in [0, 0.05) is 41.2 Å². The number of furan rings is 1. The average molecular weight is 592 g/mol. The Labute approximate surface area is 255 Å². The van der Waals surface area contributed by atoms with Gasteiger partial charge < -0.3 is 24.7 Å². The van der Waals surface area contributed by atoms with E-state index in [4.69, 9.17) is 14.9 Å². The number of ether oxygens (including phenoxy) is 1. The van der Waals surface area contributed by atoms with Gasteiger partial charge in [0.05, 0.1) is 5.56 Å². The molecule has 4 aromatic carbocycles. The molecule has 0 bridgehead atoms. The van der Waals surface area contributed by atoms with Crippen molar-refractivity contribution in [1.82, 2.24) is 4.90 Å². The number of carbonyl (C=O) groups excluding carboxylic acids is 2. The van der Waals surface area contributed by atoms with Crippen LogP contribution in [0.2, 0.25) is 0 Å². The second-order valence-electron chi connectivity index (χ2n) is 11.4. The highest BCUT2D eigenvalue weighted by molar-refractivity contribution is 6.09. The van der Waals surface area contributed by atoms with Crippen LogP contribution in [0.5, 0.6) is 5.75 Å². The number of carbonyl (C=O) groups is 2. The van der Waals surface area contributed by atoms with Gasteiger partial charge in [-0.05, 0) is 92.7 Å². The molecule has 0 atom stereocenters. The van der Waals surface area contributed by atoms with E-state index in [-0.39, 0.29) is 29.8 Å². The first-order valence-corrected chi connectivity index (χ1v) is 14.7. The quantitative estimate of drug-likeness (QED) is 0.185. The van der Waals surface area contributed by atoms with Gasteiger partial charge in [0.15, 0.2) is 0 Å². The van der Waals surface area contributed by atoms with E-state index in [1.807, 2.05) is 78.5 Å². The fourth-order valence-electron chi connectivity index (χ4n) is 5.41. The molecule has 1 fully saturated rings. The number of hydrogen-bond donors (Lipinski definition) is 1. The first kappa shape index (κ1) is 29.1. The molecule has 1 heterocycles. The van der Waals surface area contributed by atoms with Crippen LogP contribution in [0.4, 0.5) is 10.1 Å². The number of nitrogens with zero attached hydrogens (tertiary/aromatic N) is 2. The monoisotopic (exact) mass is 591 g/mol. The fourth-order valence-corrected chi connectivity index (χ4v) is 5.41. The van der Waals surface area contributed by atoms with Crippen LogP contribution >= 0.6 is 0 Å². The normalized spacial score (nSPS) is 12.9. The Morgan fingerprint density at radius 2 is 1.70 bits per heavy atom. The Balaban J connectivity index is 1.42. The van der Waals surface area contributed by atoms with Gasteiger partial charge >= 0.3 is 0 Å². The van der Waals surface area contributed by atoms with Crippen molar-refractivity contribution in [3.8, 4) is 16.9 Å². The third-order valence-electron chi connectivity index (χ3n) is 7.78. The van der Waals surface area contributed by atoms with Gasteiger partial charge in [0.1, 0.15) is 29.5 Å². The predicted molar refractivity (Wildman–Crippen MR) is 170 cm³/mol. The molecule has 6 rings (SSSR count). The predicted octanol–water partition coefficient (Wildman–Crippen LogP) is 6.68. The maximum absolute atomic E-state index is 14.0. The van der Waals surface area contributed by atoms with Crippen molar-refractivity contribution >= 4 is 28.5 Å². The molecule has 0 unspecified atom stereocenters. The van der Waals surface area contributed by atoms with E-state index in [1.165, 1.54) is 12.1 Å². The van der Waals surface area contributed by atoms with Gasteiger partial charge in [-0.25, -0.2) is 4.39 Å². The second-order valence-corrected chi connectivity index (χ2v) is 11.4. The molecule has 44 heavy (non-hydrogen) atoms. The molecule has 1 aliphatic rings. The van der Waals surface area contributed by atoms with Crippen LogP contribution in [0.3, 0.4) is 0 Å². The van der Waals surface area contributed by atoms with Crippen LogP contribution in [0.15, 0.2) is 95.4 Å². The van der Waals surface area contributed by atoms with Gasteiger partial charge in [-0.15, -0.1) is 0 Å². The number of hydrogen-bond acceptors (Lipinski definition) is 5. The van der Waals surface area contributed by atoms with E-state index < -0.39 is 5.91 Å². The number of halogens is 1. The lowest BCUT2D eigenvalue weighted by Gasteiger charge is -2.23. The van der Waals surface area contributed by atoms with Crippen LogP contribution in [-0.2, 0) is 6.42 Å². The maximum atomic E-state index is 14.0. The molecule has 0 saturated heterocycles. The standard InChI is InChI=1S/C36H34FN3O4/c1-39(2)18-19-43-31-16-11-25(36(42)40(28-14-15-28)27-6-4-3-5-7-27)22-29(31)24-10-17-32-30(21-24)34(35(38)41)33(44-32)20-23-8-12-26(37)13-9-23/h3-13,16-17,21-22,28H,14-15,18-20H2,1-2H3,(H2,38,41). The molecule has 2 N–H and O–H groups in total. The van der Waals surface area contributed by atoms with E-state index in [9.17, 15) is 14.0 Å². The molecular weight excluding hydrogens is 557 g/mol. The molecule has 1 aromatic heterocycles. The lowest BCUT2D eigenvalue weighted by molar-refractivity contribution is 0.0981. The zero-order valence-corrected chi connectivity index (χ0v) is 24.8. The molecule has 0 radical (unpaired) electrons. The van der Waals surface area contributed by atoms with Crippen LogP contribution in [0, 0.1) is 5.82 Å². The summed E-state index contributed by atoms with van der Waals surface area (Å²) in [6, 6.07) is 27.0. The van der Waals surface area contributed by atoms with E-state index in [2.05, 4.69) is 0 Å². The number of primary amides is 1.